The summed E-state index contributed by atoms with van der Waals surface area (Å²) in [6.45, 7) is 0. The van der Waals surface area contributed by atoms with Gasteiger partial charge in [-0.05, 0) is 0 Å². The average molecular weight is 202 g/mol. The maximum Gasteiger partial charge on any atom is 0.374 e. The van der Waals surface area contributed by atoms with Crippen molar-refractivity contribution < 1.29 is 28.7 Å². The van der Waals surface area contributed by atoms with Crippen LogP contribution < -0.4 is 0 Å². The van der Waals surface area contributed by atoms with Gasteiger partial charge >= 0.3 is 11.9 Å². The first-order valence-electron chi connectivity index (χ1n) is 3.75. The van der Waals surface area contributed by atoms with Crippen LogP contribution >= 0.6 is 0 Å². The van der Waals surface area contributed by atoms with E-state index in [0.29, 0.717) is 0 Å². The number of hydrogen-bond acceptors (Lipinski definition) is 6. The lowest BCUT2D eigenvalue weighted by atomic mass is 10.1. The number of Topliss-reactive ketones (excluding diaryl/α,β-unsaturated/α-hetero) is 2. The van der Waals surface area contributed by atoms with Crippen LogP contribution in [0.3, 0.4) is 0 Å². The van der Waals surface area contributed by atoms with Crippen molar-refractivity contribution in [3.05, 3.63) is 0 Å². The Hall–Kier alpha value is -1.72. The van der Waals surface area contributed by atoms with E-state index in [4.69, 9.17) is 0 Å². The number of ether oxygens (including phenoxy) is 2. The third-order valence-corrected chi connectivity index (χ3v) is 1.41. The van der Waals surface area contributed by atoms with Crippen molar-refractivity contribution in [1.82, 2.24) is 0 Å². The molecule has 0 aliphatic rings. The maximum atomic E-state index is 10.8. The summed E-state index contributed by atoms with van der Waals surface area (Å²) in [6.07, 6.45) is -0.693. The van der Waals surface area contributed by atoms with Crippen molar-refractivity contribution >= 4 is 23.5 Å². The zero-order chi connectivity index (χ0) is 11.1. The Labute approximate surface area is 80.2 Å². The maximum absolute atomic E-state index is 10.8. The minimum Gasteiger partial charge on any atom is -0.463 e. The molecule has 6 nitrogen and oxygen atoms in total. The summed E-state index contributed by atoms with van der Waals surface area (Å²) in [5, 5.41) is 0. The van der Waals surface area contributed by atoms with E-state index in [1.54, 1.807) is 0 Å². The molecule has 0 aromatic carbocycles. The molecule has 0 spiro atoms. The van der Waals surface area contributed by atoms with Gasteiger partial charge in [0.1, 0.15) is 0 Å². The molecular formula is C8H10O6. The molecule has 0 bridgehead atoms. The van der Waals surface area contributed by atoms with Crippen LogP contribution in [0, 0.1) is 0 Å². The van der Waals surface area contributed by atoms with Gasteiger partial charge in [0, 0.05) is 12.8 Å². The second-order valence-electron chi connectivity index (χ2n) is 2.33. The Morgan fingerprint density at radius 3 is 1.29 bits per heavy atom. The smallest absolute Gasteiger partial charge is 0.374 e. The summed E-state index contributed by atoms with van der Waals surface area (Å²) < 4.78 is 8.23. The first-order chi connectivity index (χ1) is 6.52. The van der Waals surface area contributed by atoms with E-state index in [2.05, 4.69) is 9.47 Å². The fourth-order valence-corrected chi connectivity index (χ4v) is 0.659. The first-order valence-corrected chi connectivity index (χ1v) is 3.75. The molecular weight excluding hydrogens is 192 g/mol. The summed E-state index contributed by atoms with van der Waals surface area (Å²) in [4.78, 5) is 42.8. The molecule has 0 amide bonds. The van der Waals surface area contributed by atoms with Crippen LogP contribution in [-0.2, 0) is 28.7 Å². The van der Waals surface area contributed by atoms with Crippen molar-refractivity contribution in [3.8, 4) is 0 Å². The van der Waals surface area contributed by atoms with Gasteiger partial charge in [-0.25, -0.2) is 9.59 Å². The molecule has 0 saturated heterocycles. The van der Waals surface area contributed by atoms with Crippen LogP contribution in [0.15, 0.2) is 0 Å². The quantitative estimate of drug-likeness (QED) is 0.430. The lowest BCUT2D eigenvalue weighted by Gasteiger charge is -1.97. The molecule has 0 aliphatic carbocycles. The lowest BCUT2D eigenvalue weighted by Crippen LogP contribution is -2.20. The third kappa shape index (κ3) is 3.79. The number of ketones is 2. The van der Waals surface area contributed by atoms with Gasteiger partial charge in [0.15, 0.2) is 0 Å². The highest BCUT2D eigenvalue weighted by molar-refractivity contribution is 6.37. The SMILES string of the molecule is COC(=O)C(=O)CCC(=O)C(=O)OC. The molecule has 14 heavy (non-hydrogen) atoms. The number of carbonyl (C=O) groups excluding carboxylic acids is 4. The molecule has 6 heteroatoms. The molecule has 0 rings (SSSR count). The normalized spacial score (nSPS) is 9.00. The van der Waals surface area contributed by atoms with Crippen LogP contribution in [0.25, 0.3) is 0 Å². The van der Waals surface area contributed by atoms with Gasteiger partial charge in [-0.3, -0.25) is 9.59 Å². The second kappa shape index (κ2) is 5.85. The van der Waals surface area contributed by atoms with Gasteiger partial charge in [-0.1, -0.05) is 0 Å². The molecule has 0 fully saturated rings. The molecule has 0 unspecified atom stereocenters. The highest BCUT2D eigenvalue weighted by Crippen LogP contribution is 1.96. The van der Waals surface area contributed by atoms with Crippen LogP contribution in [0.4, 0.5) is 0 Å². The van der Waals surface area contributed by atoms with Crippen LogP contribution in [0.2, 0.25) is 0 Å². The minimum absolute atomic E-state index is 0.347. The van der Waals surface area contributed by atoms with Gasteiger partial charge in [-0.2, -0.15) is 0 Å². The summed E-state index contributed by atoms with van der Waals surface area (Å²) in [5.74, 6) is -3.74. The van der Waals surface area contributed by atoms with Crippen molar-refractivity contribution in [2.75, 3.05) is 14.2 Å². The van der Waals surface area contributed by atoms with E-state index in [1.807, 2.05) is 0 Å². The number of esters is 2. The Morgan fingerprint density at radius 1 is 0.786 bits per heavy atom. The fraction of sp³-hybridized carbons (Fsp3) is 0.500. The van der Waals surface area contributed by atoms with Crippen molar-refractivity contribution in [1.29, 1.82) is 0 Å². The third-order valence-electron chi connectivity index (χ3n) is 1.41. The van der Waals surface area contributed by atoms with Gasteiger partial charge in [0.25, 0.3) is 0 Å². The summed E-state index contributed by atoms with van der Waals surface area (Å²) in [7, 11) is 2.12. The molecule has 78 valence electrons. The minimum atomic E-state index is -1.03. The van der Waals surface area contributed by atoms with Gasteiger partial charge in [-0.15, -0.1) is 0 Å². The summed E-state index contributed by atoms with van der Waals surface area (Å²) in [6, 6.07) is 0. The average Bonchev–Trinajstić information content (AvgIpc) is 2.22. The molecule has 0 atom stereocenters. The van der Waals surface area contributed by atoms with Gasteiger partial charge in [0.05, 0.1) is 14.2 Å². The Balaban J connectivity index is 3.95. The molecule has 0 aliphatic heterocycles. The number of methoxy groups -OCH3 is 2. The largest absolute Gasteiger partial charge is 0.463 e. The number of rotatable bonds is 5. The molecule has 0 N–H and O–H groups in total. The van der Waals surface area contributed by atoms with Crippen molar-refractivity contribution in [3.63, 3.8) is 0 Å². The zero-order valence-corrected chi connectivity index (χ0v) is 7.86. The Kier molecular flexibility index (Phi) is 5.13. The summed E-state index contributed by atoms with van der Waals surface area (Å²) in [5.41, 5.74) is 0. The van der Waals surface area contributed by atoms with E-state index in [1.165, 1.54) is 0 Å². The lowest BCUT2D eigenvalue weighted by molar-refractivity contribution is -0.154. The van der Waals surface area contributed by atoms with Crippen LogP contribution in [0.5, 0.6) is 0 Å². The predicted octanol–water partition coefficient (Wildman–Crippen LogP) is -0.749. The number of carbonyl (C=O) groups is 4. The summed E-state index contributed by atoms with van der Waals surface area (Å²) >= 11 is 0. The molecule has 0 aromatic heterocycles. The topological polar surface area (TPSA) is 86.7 Å². The first kappa shape index (κ1) is 12.3. The van der Waals surface area contributed by atoms with Crippen molar-refractivity contribution in [2.24, 2.45) is 0 Å². The van der Waals surface area contributed by atoms with E-state index < -0.39 is 23.5 Å². The predicted molar refractivity (Wildman–Crippen MR) is 43.3 cm³/mol. The van der Waals surface area contributed by atoms with E-state index in [9.17, 15) is 19.2 Å². The van der Waals surface area contributed by atoms with E-state index >= 15 is 0 Å². The molecule has 0 radical (unpaired) electrons. The highest BCUT2D eigenvalue weighted by atomic mass is 16.5. The van der Waals surface area contributed by atoms with Crippen LogP contribution in [-0.4, -0.2) is 37.7 Å². The van der Waals surface area contributed by atoms with Gasteiger partial charge < -0.3 is 9.47 Å². The Bertz CT molecular complexity index is 239. The number of hydrogen-bond donors (Lipinski definition) is 0. The van der Waals surface area contributed by atoms with E-state index in [-0.39, 0.29) is 12.8 Å². The van der Waals surface area contributed by atoms with Crippen LogP contribution in [0.1, 0.15) is 12.8 Å². The van der Waals surface area contributed by atoms with Crippen molar-refractivity contribution in [2.45, 2.75) is 12.8 Å². The Morgan fingerprint density at radius 2 is 1.07 bits per heavy atom. The molecule has 0 aromatic rings. The van der Waals surface area contributed by atoms with Gasteiger partial charge in [0.2, 0.25) is 11.6 Å². The fourth-order valence-electron chi connectivity index (χ4n) is 0.659. The monoisotopic (exact) mass is 202 g/mol. The standard InChI is InChI=1S/C8H10O6/c1-13-7(11)5(9)3-4-6(10)8(12)14-2/h3-4H2,1-2H3. The molecule has 0 heterocycles. The second-order valence-corrected chi connectivity index (χ2v) is 2.33. The zero-order valence-electron chi connectivity index (χ0n) is 7.86. The highest BCUT2D eigenvalue weighted by Gasteiger charge is 2.19. The molecule has 0 saturated carbocycles. The van der Waals surface area contributed by atoms with E-state index in [0.717, 1.165) is 14.2 Å².